The number of carboxylic acids is 1. The summed E-state index contributed by atoms with van der Waals surface area (Å²) >= 11 is 0. The first kappa shape index (κ1) is 20.6. The first-order valence-electron chi connectivity index (χ1n) is 9.61. The fraction of sp³-hybridized carbons (Fsp3) is 0.409. The first-order valence-corrected chi connectivity index (χ1v) is 9.61. The van der Waals surface area contributed by atoms with E-state index < -0.39 is 5.97 Å². The topological polar surface area (TPSA) is 80.4 Å². The van der Waals surface area contributed by atoms with Gasteiger partial charge in [-0.05, 0) is 23.1 Å². The van der Waals surface area contributed by atoms with Crippen LogP contribution in [0.15, 0.2) is 42.5 Å². The van der Waals surface area contributed by atoms with Crippen molar-refractivity contribution < 1.29 is 14.8 Å². The van der Waals surface area contributed by atoms with Crippen LogP contribution in [0.5, 0.6) is 0 Å². The Kier molecular flexibility index (Phi) is 7.99. The summed E-state index contributed by atoms with van der Waals surface area (Å²) in [4.78, 5) is 20.7. The van der Waals surface area contributed by atoms with E-state index in [2.05, 4.69) is 6.92 Å². The van der Waals surface area contributed by atoms with E-state index in [-0.39, 0.29) is 10.6 Å². The fourth-order valence-electron chi connectivity index (χ4n) is 3.37. The van der Waals surface area contributed by atoms with Crippen molar-refractivity contribution in [2.75, 3.05) is 0 Å². The molecule has 27 heavy (non-hydrogen) atoms. The molecule has 0 bridgehead atoms. The minimum atomic E-state index is -0.666. The van der Waals surface area contributed by atoms with Crippen LogP contribution >= 0.6 is 0 Å². The summed E-state index contributed by atoms with van der Waals surface area (Å²) in [6, 6.07) is 13.3. The van der Waals surface area contributed by atoms with Crippen molar-refractivity contribution in [3.63, 3.8) is 0 Å². The van der Waals surface area contributed by atoms with E-state index >= 15 is 0 Å². The molecule has 5 heteroatoms. The van der Waals surface area contributed by atoms with Gasteiger partial charge >= 0.3 is 5.97 Å². The van der Waals surface area contributed by atoms with E-state index in [1.165, 1.54) is 31.2 Å². The van der Waals surface area contributed by atoms with Gasteiger partial charge in [0.1, 0.15) is 0 Å². The molecule has 0 aromatic heterocycles. The molecule has 1 N–H and O–H groups in total. The van der Waals surface area contributed by atoms with Gasteiger partial charge in [-0.15, -0.1) is 0 Å². The molecule has 0 spiro atoms. The second kappa shape index (κ2) is 10.5. The van der Waals surface area contributed by atoms with Crippen molar-refractivity contribution in [2.45, 2.75) is 58.3 Å². The van der Waals surface area contributed by atoms with E-state index in [0.717, 1.165) is 29.5 Å². The van der Waals surface area contributed by atoms with Crippen LogP contribution in [0.25, 0.3) is 11.1 Å². The predicted molar refractivity (Wildman–Crippen MR) is 107 cm³/mol. The van der Waals surface area contributed by atoms with E-state index in [1.807, 2.05) is 30.3 Å². The quantitative estimate of drug-likeness (QED) is 0.300. The zero-order valence-corrected chi connectivity index (χ0v) is 15.8. The second-order valence-electron chi connectivity index (χ2n) is 6.81. The lowest BCUT2D eigenvalue weighted by molar-refractivity contribution is -0.385. The van der Waals surface area contributed by atoms with Crippen molar-refractivity contribution in [1.82, 2.24) is 0 Å². The van der Waals surface area contributed by atoms with Gasteiger partial charge in [-0.3, -0.25) is 14.9 Å². The standard InChI is InChI=1S/C13H9NO2.C9H18O2/c15-14(16)13-7-3-6-11-10-5-2-1-4-9(10)8-12(11)13;1-2-3-4-5-6-7-8-9(10)11/h1-7H,8H2;2-8H2,1H3,(H,10,11). The third-order valence-corrected chi connectivity index (χ3v) is 4.77. The van der Waals surface area contributed by atoms with Crippen molar-refractivity contribution in [3.05, 3.63) is 63.7 Å². The summed E-state index contributed by atoms with van der Waals surface area (Å²) in [5.74, 6) is -0.666. The zero-order valence-electron chi connectivity index (χ0n) is 15.8. The molecule has 2 aromatic carbocycles. The number of carbonyl (C=O) groups is 1. The van der Waals surface area contributed by atoms with Crippen LogP contribution in [0.4, 0.5) is 5.69 Å². The lowest BCUT2D eigenvalue weighted by Crippen LogP contribution is -1.93. The summed E-state index contributed by atoms with van der Waals surface area (Å²) in [6.07, 6.45) is 7.92. The normalized spacial score (nSPS) is 11.1. The van der Waals surface area contributed by atoms with Gasteiger partial charge in [0.05, 0.1) is 4.92 Å². The Morgan fingerprint density at radius 1 is 1.00 bits per heavy atom. The number of benzene rings is 2. The molecule has 0 aliphatic heterocycles. The van der Waals surface area contributed by atoms with Gasteiger partial charge in [0.2, 0.25) is 0 Å². The molecule has 0 atom stereocenters. The average Bonchev–Trinajstić information content (AvgIpc) is 3.03. The Morgan fingerprint density at radius 3 is 2.37 bits per heavy atom. The van der Waals surface area contributed by atoms with Crippen LogP contribution in [-0.4, -0.2) is 16.0 Å². The Balaban J connectivity index is 0.000000211. The molecule has 0 heterocycles. The van der Waals surface area contributed by atoms with Crippen molar-refractivity contribution >= 4 is 11.7 Å². The number of nitro benzene ring substituents is 1. The molecule has 0 radical (unpaired) electrons. The summed E-state index contributed by atoms with van der Waals surface area (Å²) in [5, 5.41) is 19.2. The predicted octanol–water partition coefficient (Wildman–Crippen LogP) is 5.99. The van der Waals surface area contributed by atoms with Crippen molar-refractivity contribution in [1.29, 1.82) is 0 Å². The summed E-state index contributed by atoms with van der Waals surface area (Å²) in [5.41, 5.74) is 4.38. The van der Waals surface area contributed by atoms with Gasteiger partial charge in [-0.25, -0.2) is 0 Å². The summed E-state index contributed by atoms with van der Waals surface area (Å²) in [6.45, 7) is 2.18. The lowest BCUT2D eigenvalue weighted by atomic mass is 10.1. The lowest BCUT2D eigenvalue weighted by Gasteiger charge is -2.00. The van der Waals surface area contributed by atoms with Gasteiger partial charge in [0.15, 0.2) is 0 Å². The SMILES string of the molecule is CCCCCCCCC(=O)O.O=[N+]([O-])c1cccc2c1Cc1ccccc1-2. The number of nitrogens with zero attached hydrogens (tertiary/aromatic N) is 1. The average molecular weight is 369 g/mol. The maximum absolute atomic E-state index is 10.9. The molecule has 144 valence electrons. The van der Waals surface area contributed by atoms with Crippen LogP contribution < -0.4 is 0 Å². The smallest absolute Gasteiger partial charge is 0.303 e. The number of fused-ring (bicyclic) bond motifs is 3. The number of unbranched alkanes of at least 4 members (excludes halogenated alkanes) is 5. The number of hydrogen-bond donors (Lipinski definition) is 1. The minimum absolute atomic E-state index is 0.230. The molecule has 0 fully saturated rings. The van der Waals surface area contributed by atoms with Gasteiger partial charge in [0.25, 0.3) is 5.69 Å². The second-order valence-corrected chi connectivity index (χ2v) is 6.81. The summed E-state index contributed by atoms with van der Waals surface area (Å²) < 4.78 is 0. The van der Waals surface area contributed by atoms with Crippen molar-refractivity contribution in [2.24, 2.45) is 0 Å². The molecule has 1 aliphatic carbocycles. The largest absolute Gasteiger partial charge is 0.481 e. The Hall–Kier alpha value is -2.69. The van der Waals surface area contributed by atoms with Crippen LogP contribution in [0.2, 0.25) is 0 Å². The van der Waals surface area contributed by atoms with Crippen LogP contribution in [0.3, 0.4) is 0 Å². The number of aliphatic carboxylic acids is 1. The van der Waals surface area contributed by atoms with Gasteiger partial charge in [-0.2, -0.15) is 0 Å². The highest BCUT2D eigenvalue weighted by Crippen LogP contribution is 2.40. The van der Waals surface area contributed by atoms with Gasteiger partial charge in [-0.1, -0.05) is 75.4 Å². The maximum atomic E-state index is 10.9. The number of rotatable bonds is 8. The molecule has 3 rings (SSSR count). The molecule has 0 saturated carbocycles. The third kappa shape index (κ3) is 5.91. The Labute approximate surface area is 160 Å². The molecule has 2 aromatic rings. The zero-order chi connectivity index (χ0) is 19.6. The number of nitro groups is 1. The molecule has 0 unspecified atom stereocenters. The molecule has 5 nitrogen and oxygen atoms in total. The minimum Gasteiger partial charge on any atom is -0.481 e. The van der Waals surface area contributed by atoms with Crippen LogP contribution in [0.1, 0.15) is 63.0 Å². The van der Waals surface area contributed by atoms with Crippen molar-refractivity contribution in [3.8, 4) is 11.1 Å². The fourth-order valence-corrected chi connectivity index (χ4v) is 3.37. The van der Waals surface area contributed by atoms with Gasteiger partial charge < -0.3 is 5.11 Å². The van der Waals surface area contributed by atoms with E-state index in [9.17, 15) is 14.9 Å². The van der Waals surface area contributed by atoms with Gasteiger partial charge in [0, 0.05) is 24.5 Å². The highest BCUT2D eigenvalue weighted by molar-refractivity contribution is 5.80. The molecular weight excluding hydrogens is 342 g/mol. The molecule has 0 saturated heterocycles. The highest BCUT2D eigenvalue weighted by atomic mass is 16.6. The first-order chi connectivity index (χ1) is 13.0. The number of carboxylic acid groups (broad SMARTS) is 1. The van der Waals surface area contributed by atoms with E-state index in [0.29, 0.717) is 12.8 Å². The third-order valence-electron chi connectivity index (χ3n) is 4.77. The number of hydrogen-bond acceptors (Lipinski definition) is 3. The molecule has 0 amide bonds. The summed E-state index contributed by atoms with van der Waals surface area (Å²) in [7, 11) is 0. The monoisotopic (exact) mass is 369 g/mol. The maximum Gasteiger partial charge on any atom is 0.303 e. The van der Waals surface area contributed by atoms with Crippen LogP contribution in [-0.2, 0) is 11.2 Å². The van der Waals surface area contributed by atoms with E-state index in [1.54, 1.807) is 12.1 Å². The van der Waals surface area contributed by atoms with E-state index in [4.69, 9.17) is 5.11 Å². The van der Waals surface area contributed by atoms with Crippen LogP contribution in [0, 0.1) is 10.1 Å². The molecule has 1 aliphatic rings. The Bertz CT molecular complexity index is 786. The molecular formula is C22H27NO4. The Morgan fingerprint density at radius 2 is 1.67 bits per heavy atom. The highest BCUT2D eigenvalue weighted by Gasteiger charge is 2.25.